The molecule has 4 rings (SSSR count). The highest BCUT2D eigenvalue weighted by atomic mass is 16.3. The fourth-order valence-corrected chi connectivity index (χ4v) is 5.36. The zero-order valence-electron chi connectivity index (χ0n) is 12.6. The first-order chi connectivity index (χ1) is 10.1. The maximum absolute atomic E-state index is 9.71. The molecule has 4 atom stereocenters. The lowest BCUT2D eigenvalue weighted by atomic mass is 9.54. The third kappa shape index (κ3) is 1.72. The predicted molar refractivity (Wildman–Crippen MR) is 85.0 cm³/mol. The lowest BCUT2D eigenvalue weighted by Gasteiger charge is -2.49. The third-order valence-electron chi connectivity index (χ3n) is 6.45. The predicted octanol–water partition coefficient (Wildman–Crippen LogP) is 4.42. The van der Waals surface area contributed by atoms with E-state index in [9.17, 15) is 5.11 Å². The molecule has 0 heterocycles. The van der Waals surface area contributed by atoms with Crippen LogP contribution >= 0.6 is 0 Å². The van der Waals surface area contributed by atoms with Crippen molar-refractivity contribution in [3.05, 3.63) is 41.0 Å². The van der Waals surface area contributed by atoms with Crippen molar-refractivity contribution in [2.75, 3.05) is 0 Å². The van der Waals surface area contributed by atoms with Crippen LogP contribution in [0.1, 0.15) is 49.7 Å². The molecule has 0 radical (unpaired) electrons. The smallest absolute Gasteiger partial charge is 0.115 e. The molecule has 1 N–H and O–H groups in total. The second-order valence-electron chi connectivity index (χ2n) is 7.25. The van der Waals surface area contributed by atoms with E-state index in [1.165, 1.54) is 36.0 Å². The van der Waals surface area contributed by atoms with Gasteiger partial charge in [0.1, 0.15) is 5.75 Å². The monoisotopic (exact) mass is 278 g/mol. The number of aromatic hydroxyl groups is 1. The first-order valence-electron chi connectivity index (χ1n) is 8.12. The lowest BCUT2D eigenvalue weighted by molar-refractivity contribution is 0.0781. The summed E-state index contributed by atoms with van der Waals surface area (Å²) >= 11 is 0. The molecule has 21 heavy (non-hydrogen) atoms. The number of allylic oxidation sites excluding steroid dienone is 2. The molecule has 0 spiro atoms. The summed E-state index contributed by atoms with van der Waals surface area (Å²) in [5.41, 5.74) is 4.34. The summed E-state index contributed by atoms with van der Waals surface area (Å²) in [5, 5.41) is 9.71. The van der Waals surface area contributed by atoms with Gasteiger partial charge in [-0.15, -0.1) is 6.42 Å². The number of fused-ring (bicyclic) bond motifs is 5. The minimum atomic E-state index is 0.240. The number of aryl methyl sites for hydroxylation is 1. The fraction of sp³-hybridized carbons (Fsp3) is 0.500. The van der Waals surface area contributed by atoms with Gasteiger partial charge in [0.15, 0.2) is 0 Å². The van der Waals surface area contributed by atoms with Crippen LogP contribution in [0.3, 0.4) is 0 Å². The Bertz CT molecular complexity index is 663. The van der Waals surface area contributed by atoms with Gasteiger partial charge >= 0.3 is 0 Å². The van der Waals surface area contributed by atoms with Gasteiger partial charge in [-0.3, -0.25) is 0 Å². The van der Waals surface area contributed by atoms with E-state index in [1.54, 1.807) is 0 Å². The molecule has 0 aliphatic heterocycles. The SMILES string of the molecule is C#CC1=CCC2C3CCc4cc(O)ccc4C3CCC12C. The van der Waals surface area contributed by atoms with Crippen LogP contribution in [0.25, 0.3) is 0 Å². The molecular weight excluding hydrogens is 256 g/mol. The van der Waals surface area contributed by atoms with Gasteiger partial charge in [-0.25, -0.2) is 0 Å². The normalized spacial score (nSPS) is 37.0. The molecule has 1 fully saturated rings. The number of hydrogen-bond acceptors (Lipinski definition) is 1. The van der Waals surface area contributed by atoms with Crippen molar-refractivity contribution >= 4 is 0 Å². The van der Waals surface area contributed by atoms with E-state index in [0.29, 0.717) is 17.6 Å². The number of rotatable bonds is 0. The van der Waals surface area contributed by atoms with E-state index in [2.05, 4.69) is 25.0 Å². The first-order valence-corrected chi connectivity index (χ1v) is 8.12. The van der Waals surface area contributed by atoms with Crippen LogP contribution in [0.5, 0.6) is 5.75 Å². The highest BCUT2D eigenvalue weighted by molar-refractivity contribution is 5.43. The number of phenolic OH excluding ortho intramolecular Hbond substituents is 1. The molecular formula is C20H22O. The maximum Gasteiger partial charge on any atom is 0.115 e. The Morgan fingerprint density at radius 3 is 3.00 bits per heavy atom. The van der Waals surface area contributed by atoms with E-state index >= 15 is 0 Å². The van der Waals surface area contributed by atoms with Gasteiger partial charge in [0.2, 0.25) is 0 Å². The summed E-state index contributed by atoms with van der Waals surface area (Å²) in [6.45, 7) is 2.39. The lowest BCUT2D eigenvalue weighted by Crippen LogP contribution is -2.41. The van der Waals surface area contributed by atoms with Crippen LogP contribution in [-0.4, -0.2) is 5.11 Å². The number of hydrogen-bond donors (Lipinski definition) is 1. The molecule has 1 heteroatoms. The molecule has 3 aliphatic carbocycles. The van der Waals surface area contributed by atoms with Gasteiger partial charge in [-0.2, -0.15) is 0 Å². The van der Waals surface area contributed by atoms with Gasteiger partial charge in [0, 0.05) is 11.0 Å². The van der Waals surface area contributed by atoms with Crippen molar-refractivity contribution in [1.29, 1.82) is 0 Å². The summed E-state index contributed by atoms with van der Waals surface area (Å²) < 4.78 is 0. The molecule has 0 bridgehead atoms. The molecule has 1 saturated carbocycles. The van der Waals surface area contributed by atoms with Gasteiger partial charge < -0.3 is 5.11 Å². The Kier molecular flexibility index (Phi) is 2.73. The van der Waals surface area contributed by atoms with Crippen molar-refractivity contribution < 1.29 is 5.11 Å². The fourth-order valence-electron chi connectivity index (χ4n) is 5.36. The number of benzene rings is 1. The van der Waals surface area contributed by atoms with Crippen LogP contribution in [0.4, 0.5) is 0 Å². The van der Waals surface area contributed by atoms with E-state index < -0.39 is 0 Å². The van der Waals surface area contributed by atoms with E-state index in [1.807, 2.05) is 12.1 Å². The summed E-state index contributed by atoms with van der Waals surface area (Å²) in [4.78, 5) is 0. The average Bonchev–Trinajstić information content (AvgIpc) is 2.83. The summed E-state index contributed by atoms with van der Waals surface area (Å²) in [7, 11) is 0. The van der Waals surface area contributed by atoms with E-state index in [-0.39, 0.29) is 5.41 Å². The summed E-state index contributed by atoms with van der Waals surface area (Å²) in [6, 6.07) is 5.99. The minimum absolute atomic E-state index is 0.240. The number of phenols is 1. The topological polar surface area (TPSA) is 20.2 Å². The molecule has 1 nitrogen and oxygen atoms in total. The summed E-state index contributed by atoms with van der Waals surface area (Å²) in [6.07, 6.45) is 14.0. The van der Waals surface area contributed by atoms with Crippen molar-refractivity contribution in [3.63, 3.8) is 0 Å². The largest absolute Gasteiger partial charge is 0.508 e. The second-order valence-corrected chi connectivity index (χ2v) is 7.25. The Morgan fingerprint density at radius 1 is 1.33 bits per heavy atom. The van der Waals surface area contributed by atoms with E-state index in [4.69, 9.17) is 6.42 Å². The van der Waals surface area contributed by atoms with Crippen molar-refractivity contribution in [2.45, 2.75) is 44.9 Å². The molecule has 0 aromatic heterocycles. The zero-order valence-corrected chi connectivity index (χ0v) is 12.6. The van der Waals surface area contributed by atoms with Crippen molar-refractivity contribution in [2.24, 2.45) is 17.3 Å². The van der Waals surface area contributed by atoms with Gasteiger partial charge in [-0.05, 0) is 73.1 Å². The van der Waals surface area contributed by atoms with Crippen molar-refractivity contribution in [1.82, 2.24) is 0 Å². The first kappa shape index (κ1) is 13.0. The molecule has 1 aromatic rings. The summed E-state index contributed by atoms with van der Waals surface area (Å²) in [5.74, 6) is 5.49. The Balaban J connectivity index is 1.71. The quantitative estimate of drug-likeness (QED) is 0.697. The molecule has 3 aliphatic rings. The highest BCUT2D eigenvalue weighted by Crippen LogP contribution is 2.60. The third-order valence-corrected chi connectivity index (χ3v) is 6.45. The highest BCUT2D eigenvalue weighted by Gasteiger charge is 2.51. The number of terminal acetylenes is 1. The van der Waals surface area contributed by atoms with Crippen LogP contribution in [-0.2, 0) is 6.42 Å². The van der Waals surface area contributed by atoms with Gasteiger partial charge in [0.25, 0.3) is 0 Å². The van der Waals surface area contributed by atoms with Gasteiger partial charge in [-0.1, -0.05) is 25.0 Å². The molecule has 4 unspecified atom stereocenters. The van der Waals surface area contributed by atoms with Crippen LogP contribution in [0.15, 0.2) is 29.8 Å². The van der Waals surface area contributed by atoms with Crippen LogP contribution < -0.4 is 0 Å². The Morgan fingerprint density at radius 2 is 2.19 bits per heavy atom. The van der Waals surface area contributed by atoms with Crippen molar-refractivity contribution in [3.8, 4) is 18.1 Å². The minimum Gasteiger partial charge on any atom is -0.508 e. The molecule has 108 valence electrons. The van der Waals surface area contributed by atoms with Crippen LogP contribution in [0.2, 0.25) is 0 Å². The Hall–Kier alpha value is -1.68. The standard InChI is InChI=1S/C20H22O/c1-3-14-5-9-19-18-7-4-13-12-15(21)6-8-16(13)17(18)10-11-20(14,19)2/h1,5-6,8,12,17-19,21H,4,7,9-11H2,2H3. The van der Waals surface area contributed by atoms with Gasteiger partial charge in [0.05, 0.1) is 0 Å². The zero-order chi connectivity index (χ0) is 14.6. The maximum atomic E-state index is 9.71. The molecule has 0 amide bonds. The van der Waals surface area contributed by atoms with E-state index in [0.717, 1.165) is 18.8 Å². The molecule has 1 aromatic carbocycles. The molecule has 0 saturated heterocycles. The second kappa shape index (κ2) is 4.41. The van der Waals surface area contributed by atoms with Crippen LogP contribution in [0, 0.1) is 29.6 Å². The average molecular weight is 278 g/mol. The Labute approximate surface area is 127 Å².